The summed E-state index contributed by atoms with van der Waals surface area (Å²) < 4.78 is 5.69. The highest BCUT2D eigenvalue weighted by Gasteiger charge is 2.14. The van der Waals surface area contributed by atoms with Crippen LogP contribution in [0.25, 0.3) is 0 Å². The van der Waals surface area contributed by atoms with E-state index in [-0.39, 0.29) is 0 Å². The summed E-state index contributed by atoms with van der Waals surface area (Å²) in [6.07, 6.45) is 2.25. The van der Waals surface area contributed by atoms with Crippen LogP contribution >= 0.6 is 11.3 Å². The minimum atomic E-state index is 0.360. The van der Waals surface area contributed by atoms with Crippen molar-refractivity contribution in [3.63, 3.8) is 0 Å². The molecule has 1 unspecified atom stereocenters. The van der Waals surface area contributed by atoms with Gasteiger partial charge in [-0.15, -0.1) is 11.3 Å². The lowest BCUT2D eigenvalue weighted by atomic mass is 10.2. The summed E-state index contributed by atoms with van der Waals surface area (Å²) in [5.41, 5.74) is 1.39. The number of nitrogens with one attached hydrogen (secondary N) is 1. The molecular weight excluding hydrogens is 230 g/mol. The highest BCUT2D eigenvalue weighted by Crippen LogP contribution is 2.26. The molecule has 0 bridgehead atoms. The predicted octanol–water partition coefficient (Wildman–Crippen LogP) is 3.83. The largest absolute Gasteiger partial charge is 0.379 e. The van der Waals surface area contributed by atoms with Crippen LogP contribution in [0, 0.1) is 13.8 Å². The molecule has 98 valence electrons. The molecule has 0 aliphatic heterocycles. The highest BCUT2D eigenvalue weighted by atomic mass is 32.1. The van der Waals surface area contributed by atoms with Gasteiger partial charge in [-0.3, -0.25) is 0 Å². The molecule has 1 aromatic heterocycles. The first kappa shape index (κ1) is 14.7. The number of thiophene rings is 1. The summed E-state index contributed by atoms with van der Waals surface area (Å²) in [7, 11) is 0. The van der Waals surface area contributed by atoms with E-state index in [2.05, 4.69) is 39.1 Å². The topological polar surface area (TPSA) is 21.3 Å². The maximum absolute atomic E-state index is 5.69. The molecule has 17 heavy (non-hydrogen) atoms. The minimum Gasteiger partial charge on any atom is -0.379 e. The molecule has 0 fully saturated rings. The van der Waals surface area contributed by atoms with Gasteiger partial charge in [0, 0.05) is 16.4 Å². The zero-order chi connectivity index (χ0) is 12.7. The lowest BCUT2D eigenvalue weighted by molar-refractivity contribution is 0.113. The number of rotatable bonds is 8. The van der Waals surface area contributed by atoms with Crippen LogP contribution in [-0.4, -0.2) is 19.8 Å². The number of aryl methyl sites for hydroxylation is 2. The van der Waals surface area contributed by atoms with Crippen molar-refractivity contribution in [1.82, 2.24) is 5.32 Å². The van der Waals surface area contributed by atoms with Crippen LogP contribution in [0.4, 0.5) is 0 Å². The van der Waals surface area contributed by atoms with E-state index in [1.165, 1.54) is 15.3 Å². The van der Waals surface area contributed by atoms with Crippen molar-refractivity contribution in [2.75, 3.05) is 19.8 Å². The van der Waals surface area contributed by atoms with Crippen molar-refractivity contribution in [2.45, 2.75) is 46.6 Å². The Labute approximate surface area is 109 Å². The third kappa shape index (κ3) is 4.78. The van der Waals surface area contributed by atoms with Crippen molar-refractivity contribution in [3.8, 4) is 0 Å². The van der Waals surface area contributed by atoms with Gasteiger partial charge in [0.05, 0.1) is 12.6 Å². The van der Waals surface area contributed by atoms with E-state index in [1.54, 1.807) is 0 Å². The maximum atomic E-state index is 5.69. The summed E-state index contributed by atoms with van der Waals surface area (Å²) in [6, 6.07) is 2.65. The number of ether oxygens (including phenoxy) is 1. The smallest absolute Gasteiger partial charge is 0.0669 e. The third-order valence-electron chi connectivity index (χ3n) is 2.80. The fraction of sp³-hybridized carbons (Fsp3) is 0.714. The molecular formula is C14H25NOS. The van der Waals surface area contributed by atoms with E-state index in [1.807, 2.05) is 11.3 Å². The van der Waals surface area contributed by atoms with Gasteiger partial charge in [-0.1, -0.05) is 13.8 Å². The van der Waals surface area contributed by atoms with Gasteiger partial charge in [0.2, 0.25) is 0 Å². The zero-order valence-electron chi connectivity index (χ0n) is 11.5. The predicted molar refractivity (Wildman–Crippen MR) is 75.9 cm³/mol. The Morgan fingerprint density at radius 1 is 1.29 bits per heavy atom. The number of hydrogen-bond acceptors (Lipinski definition) is 3. The van der Waals surface area contributed by atoms with Gasteiger partial charge in [0.25, 0.3) is 0 Å². The van der Waals surface area contributed by atoms with Gasteiger partial charge in [-0.25, -0.2) is 0 Å². The molecule has 1 rings (SSSR count). The average molecular weight is 255 g/mol. The second-order valence-electron chi connectivity index (χ2n) is 4.47. The lowest BCUT2D eigenvalue weighted by Crippen LogP contribution is -2.25. The summed E-state index contributed by atoms with van der Waals surface area (Å²) in [4.78, 5) is 2.82. The van der Waals surface area contributed by atoms with Crippen molar-refractivity contribution >= 4 is 11.3 Å². The van der Waals surface area contributed by atoms with Gasteiger partial charge >= 0.3 is 0 Å². The average Bonchev–Trinajstić information content (AvgIpc) is 2.64. The molecule has 3 heteroatoms. The third-order valence-corrected chi connectivity index (χ3v) is 4.07. The Hall–Kier alpha value is -0.380. The lowest BCUT2D eigenvalue weighted by Gasteiger charge is -2.17. The van der Waals surface area contributed by atoms with Crippen LogP contribution in [0.5, 0.6) is 0 Å². The zero-order valence-corrected chi connectivity index (χ0v) is 12.3. The van der Waals surface area contributed by atoms with Crippen molar-refractivity contribution < 1.29 is 4.74 Å². The molecule has 1 atom stereocenters. The van der Waals surface area contributed by atoms with Crippen molar-refractivity contribution in [2.24, 2.45) is 0 Å². The van der Waals surface area contributed by atoms with E-state index in [0.717, 1.165) is 32.6 Å². The molecule has 0 amide bonds. The molecule has 0 saturated carbocycles. The second-order valence-corrected chi connectivity index (χ2v) is 5.76. The van der Waals surface area contributed by atoms with E-state index in [0.29, 0.717) is 6.04 Å². The molecule has 0 aliphatic rings. The molecule has 0 spiro atoms. The van der Waals surface area contributed by atoms with E-state index < -0.39 is 0 Å². The highest BCUT2D eigenvalue weighted by molar-refractivity contribution is 7.12. The van der Waals surface area contributed by atoms with Crippen molar-refractivity contribution in [1.29, 1.82) is 0 Å². The Balaban J connectivity index is 2.60. The summed E-state index contributed by atoms with van der Waals surface area (Å²) in [6.45, 7) is 11.4. The SMILES string of the molecule is CCCNC(COCCC)c1cc(C)c(C)s1. The molecule has 0 radical (unpaired) electrons. The minimum absolute atomic E-state index is 0.360. The Bertz CT molecular complexity index is 303. The first-order chi connectivity index (χ1) is 8.19. The molecule has 0 aromatic carbocycles. The van der Waals surface area contributed by atoms with E-state index in [9.17, 15) is 0 Å². The summed E-state index contributed by atoms with van der Waals surface area (Å²) >= 11 is 1.89. The van der Waals surface area contributed by atoms with Gasteiger partial charge in [0.1, 0.15) is 0 Å². The van der Waals surface area contributed by atoms with E-state index in [4.69, 9.17) is 4.74 Å². The maximum Gasteiger partial charge on any atom is 0.0669 e. The molecule has 2 nitrogen and oxygen atoms in total. The van der Waals surface area contributed by atoms with Crippen LogP contribution in [-0.2, 0) is 4.74 Å². The quantitative estimate of drug-likeness (QED) is 0.713. The molecule has 1 heterocycles. The van der Waals surface area contributed by atoms with Gasteiger partial charge < -0.3 is 10.1 Å². The Kier molecular flexibility index (Phi) is 6.78. The van der Waals surface area contributed by atoms with Crippen LogP contribution in [0.1, 0.15) is 48.0 Å². The molecule has 1 aromatic rings. The van der Waals surface area contributed by atoms with Crippen LogP contribution in [0.2, 0.25) is 0 Å². The van der Waals surface area contributed by atoms with Crippen LogP contribution < -0.4 is 5.32 Å². The molecule has 0 saturated heterocycles. The normalized spacial score (nSPS) is 12.9. The first-order valence-corrected chi connectivity index (χ1v) is 7.38. The van der Waals surface area contributed by atoms with Gasteiger partial charge in [-0.05, 0) is 44.9 Å². The fourth-order valence-electron chi connectivity index (χ4n) is 1.68. The van der Waals surface area contributed by atoms with Crippen LogP contribution in [0.3, 0.4) is 0 Å². The monoisotopic (exact) mass is 255 g/mol. The Morgan fingerprint density at radius 3 is 2.59 bits per heavy atom. The van der Waals surface area contributed by atoms with Gasteiger partial charge in [-0.2, -0.15) is 0 Å². The summed E-state index contributed by atoms with van der Waals surface area (Å²) in [5, 5.41) is 3.57. The van der Waals surface area contributed by atoms with Gasteiger partial charge in [0.15, 0.2) is 0 Å². The number of hydrogen-bond donors (Lipinski definition) is 1. The van der Waals surface area contributed by atoms with E-state index >= 15 is 0 Å². The van der Waals surface area contributed by atoms with Crippen molar-refractivity contribution in [3.05, 3.63) is 21.4 Å². The van der Waals surface area contributed by atoms with Crippen LogP contribution in [0.15, 0.2) is 6.07 Å². The standard InChI is InChI=1S/C14H25NOS/c1-5-7-15-13(10-16-8-6-2)14-9-11(3)12(4)17-14/h9,13,15H,5-8,10H2,1-4H3. The Morgan fingerprint density at radius 2 is 2.06 bits per heavy atom. The molecule has 0 aliphatic carbocycles. The second kappa shape index (κ2) is 7.85. The fourth-order valence-corrected chi connectivity index (χ4v) is 2.78. The first-order valence-electron chi connectivity index (χ1n) is 6.57. The molecule has 1 N–H and O–H groups in total. The summed E-state index contributed by atoms with van der Waals surface area (Å²) in [5.74, 6) is 0.